The highest BCUT2D eigenvalue weighted by Crippen LogP contribution is 2.11. The van der Waals surface area contributed by atoms with Gasteiger partial charge in [0.15, 0.2) is 0 Å². The third-order valence-corrected chi connectivity index (χ3v) is 4.96. The van der Waals surface area contributed by atoms with Crippen LogP contribution in [0.3, 0.4) is 0 Å². The zero-order chi connectivity index (χ0) is 14.9. The van der Waals surface area contributed by atoms with E-state index in [1.807, 2.05) is 0 Å². The number of hydrogen-bond donors (Lipinski definition) is 2. The van der Waals surface area contributed by atoms with Crippen LogP contribution < -0.4 is 5.73 Å². The Morgan fingerprint density at radius 1 is 1.30 bits per heavy atom. The van der Waals surface area contributed by atoms with E-state index in [1.165, 1.54) is 23.3 Å². The predicted octanol–water partition coefficient (Wildman–Crippen LogP) is -2.05. The van der Waals surface area contributed by atoms with Crippen molar-refractivity contribution in [2.24, 2.45) is 0 Å². The van der Waals surface area contributed by atoms with E-state index in [0.717, 1.165) is 4.31 Å². The van der Waals surface area contributed by atoms with E-state index in [2.05, 4.69) is 15.2 Å². The first-order chi connectivity index (χ1) is 9.32. The molecule has 1 aromatic heterocycles. The van der Waals surface area contributed by atoms with Crippen LogP contribution in [0.1, 0.15) is 10.6 Å². The second-order valence-corrected chi connectivity index (χ2v) is 6.67. The van der Waals surface area contributed by atoms with Crippen molar-refractivity contribution in [1.82, 2.24) is 28.7 Å². The van der Waals surface area contributed by atoms with Gasteiger partial charge in [-0.2, -0.15) is 22.0 Å². The maximum Gasteiger partial charge on any atom is 0.291 e. The molecule has 1 fully saturated rings. The topological polar surface area (TPSA) is 129 Å². The number of nitrogens with zero attached hydrogens (tertiary/aromatic N) is 5. The number of nitrogen functional groups attached to an aromatic ring is 1. The van der Waals surface area contributed by atoms with Gasteiger partial charge in [0.2, 0.25) is 11.8 Å². The molecule has 11 heteroatoms. The van der Waals surface area contributed by atoms with Gasteiger partial charge in [-0.25, -0.2) is 0 Å². The van der Waals surface area contributed by atoms with Gasteiger partial charge in [0.25, 0.3) is 16.1 Å². The minimum atomic E-state index is -3.44. The van der Waals surface area contributed by atoms with Crippen LogP contribution in [0.2, 0.25) is 0 Å². The minimum Gasteiger partial charge on any atom is -0.366 e. The van der Waals surface area contributed by atoms with Gasteiger partial charge in [-0.15, -0.1) is 5.10 Å². The van der Waals surface area contributed by atoms with Crippen molar-refractivity contribution < 1.29 is 13.2 Å². The zero-order valence-corrected chi connectivity index (χ0v) is 12.1. The van der Waals surface area contributed by atoms with Crippen LogP contribution >= 0.6 is 0 Å². The third-order valence-electron chi connectivity index (χ3n) is 3.02. The summed E-state index contributed by atoms with van der Waals surface area (Å²) in [6, 6.07) is 0. The quantitative estimate of drug-likeness (QED) is 0.661. The maximum atomic E-state index is 12.1. The fraction of sp³-hybridized carbons (Fsp3) is 0.667. The van der Waals surface area contributed by atoms with Crippen molar-refractivity contribution in [2.45, 2.75) is 0 Å². The molecule has 1 aromatic rings. The van der Waals surface area contributed by atoms with Gasteiger partial charge in [-0.3, -0.25) is 9.89 Å². The van der Waals surface area contributed by atoms with E-state index in [9.17, 15) is 13.2 Å². The van der Waals surface area contributed by atoms with Crippen LogP contribution in [0.25, 0.3) is 0 Å². The summed E-state index contributed by atoms with van der Waals surface area (Å²) in [5, 5.41) is 6.04. The minimum absolute atomic E-state index is 0.00201. The van der Waals surface area contributed by atoms with E-state index in [4.69, 9.17) is 5.73 Å². The number of anilines is 1. The Balaban J connectivity index is 2.00. The van der Waals surface area contributed by atoms with Gasteiger partial charge in [0.1, 0.15) is 0 Å². The summed E-state index contributed by atoms with van der Waals surface area (Å²) in [6.45, 7) is 1.09. The van der Waals surface area contributed by atoms with Crippen molar-refractivity contribution in [3.63, 3.8) is 0 Å². The van der Waals surface area contributed by atoms with E-state index < -0.39 is 10.2 Å². The number of rotatable bonds is 3. The molecule has 112 valence electrons. The molecule has 2 heterocycles. The molecule has 10 nitrogen and oxygen atoms in total. The first-order valence-electron chi connectivity index (χ1n) is 5.97. The molecule has 3 N–H and O–H groups in total. The summed E-state index contributed by atoms with van der Waals surface area (Å²) >= 11 is 0. The second kappa shape index (κ2) is 5.34. The Labute approximate surface area is 116 Å². The smallest absolute Gasteiger partial charge is 0.291 e. The molecule has 0 saturated carbocycles. The number of piperazine rings is 1. The maximum absolute atomic E-state index is 12.1. The molecular weight excluding hydrogens is 286 g/mol. The molecule has 1 amide bonds. The number of hydrogen-bond acceptors (Lipinski definition) is 6. The first kappa shape index (κ1) is 14.7. The Morgan fingerprint density at radius 2 is 1.90 bits per heavy atom. The number of H-pyrrole nitrogens is 1. The molecule has 1 aliphatic rings. The molecule has 0 unspecified atom stereocenters. The summed E-state index contributed by atoms with van der Waals surface area (Å²) in [5.41, 5.74) is 5.34. The fourth-order valence-corrected chi connectivity index (χ4v) is 2.96. The van der Waals surface area contributed by atoms with E-state index in [1.54, 1.807) is 0 Å². The second-order valence-electron chi connectivity index (χ2n) is 4.52. The van der Waals surface area contributed by atoms with Crippen molar-refractivity contribution in [3.05, 3.63) is 5.82 Å². The van der Waals surface area contributed by atoms with Crippen molar-refractivity contribution >= 4 is 22.1 Å². The number of amides is 1. The average molecular weight is 303 g/mol. The molecule has 0 bridgehead atoms. The lowest BCUT2D eigenvalue weighted by Gasteiger charge is -2.34. The van der Waals surface area contributed by atoms with Gasteiger partial charge < -0.3 is 10.6 Å². The number of carbonyl (C=O) groups excluding carboxylic acids is 1. The SMILES string of the molecule is CN(C)S(=O)(=O)N1CCN(C(=O)c2nc(N)n[nH]2)CC1. The van der Waals surface area contributed by atoms with Gasteiger partial charge in [-0.05, 0) is 0 Å². The summed E-state index contributed by atoms with van der Waals surface area (Å²) in [7, 11) is -0.484. The van der Waals surface area contributed by atoms with Crippen LogP contribution in [0.5, 0.6) is 0 Å². The normalized spacial score (nSPS) is 17.6. The highest BCUT2D eigenvalue weighted by molar-refractivity contribution is 7.86. The van der Waals surface area contributed by atoms with Crippen LogP contribution in [0.4, 0.5) is 5.95 Å². The monoisotopic (exact) mass is 303 g/mol. The highest BCUT2D eigenvalue weighted by atomic mass is 32.2. The fourth-order valence-electron chi connectivity index (χ4n) is 1.87. The summed E-state index contributed by atoms with van der Waals surface area (Å²) in [4.78, 5) is 17.3. The molecule has 0 atom stereocenters. The predicted molar refractivity (Wildman–Crippen MR) is 70.9 cm³/mol. The van der Waals surface area contributed by atoms with Gasteiger partial charge in [0, 0.05) is 40.3 Å². The lowest BCUT2D eigenvalue weighted by atomic mass is 10.3. The van der Waals surface area contributed by atoms with Crippen LogP contribution in [0, 0.1) is 0 Å². The van der Waals surface area contributed by atoms with E-state index in [-0.39, 0.29) is 30.8 Å². The zero-order valence-electron chi connectivity index (χ0n) is 11.3. The Morgan fingerprint density at radius 3 is 2.35 bits per heavy atom. The Kier molecular flexibility index (Phi) is 3.92. The highest BCUT2D eigenvalue weighted by Gasteiger charge is 2.31. The van der Waals surface area contributed by atoms with Crippen molar-refractivity contribution in [3.8, 4) is 0 Å². The standard InChI is InChI=1S/C9H17N7O3S/c1-14(2)20(18,19)16-5-3-15(4-6-16)8(17)7-11-9(10)13-12-7/h3-6H2,1-2H3,(H3,10,11,12,13). The summed E-state index contributed by atoms with van der Waals surface area (Å²) in [5.74, 6) is -0.273. The summed E-state index contributed by atoms with van der Waals surface area (Å²) in [6.07, 6.45) is 0. The van der Waals surface area contributed by atoms with E-state index >= 15 is 0 Å². The summed E-state index contributed by atoms with van der Waals surface area (Å²) < 4.78 is 26.4. The molecule has 0 aromatic carbocycles. The molecule has 0 radical (unpaired) electrons. The lowest BCUT2D eigenvalue weighted by molar-refractivity contribution is 0.0683. The van der Waals surface area contributed by atoms with Crippen LogP contribution in [-0.2, 0) is 10.2 Å². The molecular formula is C9H17N7O3S. The molecule has 20 heavy (non-hydrogen) atoms. The van der Waals surface area contributed by atoms with Crippen LogP contribution in [0.15, 0.2) is 0 Å². The van der Waals surface area contributed by atoms with Crippen molar-refractivity contribution in [1.29, 1.82) is 0 Å². The van der Waals surface area contributed by atoms with Crippen molar-refractivity contribution in [2.75, 3.05) is 46.0 Å². The Bertz CT molecular complexity index is 588. The number of carbonyl (C=O) groups is 1. The third kappa shape index (κ3) is 2.73. The number of nitrogens with one attached hydrogen (secondary N) is 1. The number of aromatic amines is 1. The van der Waals surface area contributed by atoms with Gasteiger partial charge >= 0.3 is 0 Å². The lowest BCUT2D eigenvalue weighted by Crippen LogP contribution is -2.53. The molecule has 0 aliphatic carbocycles. The molecule has 1 aliphatic heterocycles. The Hall–Kier alpha value is -1.72. The largest absolute Gasteiger partial charge is 0.366 e. The number of nitrogens with two attached hydrogens (primary N) is 1. The first-order valence-corrected chi connectivity index (χ1v) is 7.37. The molecule has 0 spiro atoms. The molecule has 2 rings (SSSR count). The average Bonchev–Trinajstić information content (AvgIpc) is 2.84. The van der Waals surface area contributed by atoms with Gasteiger partial charge in [0.05, 0.1) is 0 Å². The van der Waals surface area contributed by atoms with E-state index in [0.29, 0.717) is 13.1 Å². The number of aromatic nitrogens is 3. The molecule has 1 saturated heterocycles. The van der Waals surface area contributed by atoms with Crippen LogP contribution in [-0.4, -0.2) is 83.3 Å². The van der Waals surface area contributed by atoms with Gasteiger partial charge in [-0.1, -0.05) is 0 Å².